The number of amides is 2. The molecule has 2 aromatic rings. The lowest BCUT2D eigenvalue weighted by atomic mass is 9.97. The fraction of sp³-hybridized carbons (Fsp3) is 0.400. The molecule has 0 aromatic heterocycles. The number of hydrogen-bond donors (Lipinski definition) is 0. The highest BCUT2D eigenvalue weighted by Crippen LogP contribution is 2.36. The summed E-state index contributed by atoms with van der Waals surface area (Å²) < 4.78 is 21.2. The van der Waals surface area contributed by atoms with E-state index in [-0.39, 0.29) is 24.4 Å². The molecule has 0 aliphatic carbocycles. The molecule has 0 spiro atoms. The molecule has 2 aromatic carbocycles. The van der Waals surface area contributed by atoms with Crippen LogP contribution in [0.4, 0.5) is 0 Å². The van der Waals surface area contributed by atoms with Gasteiger partial charge in [0.25, 0.3) is 5.91 Å². The monoisotopic (exact) mass is 469 g/mol. The maximum absolute atomic E-state index is 13.4. The minimum atomic E-state index is -0.337. The molecular formula is C25H31N3O6. The normalized spacial score (nSPS) is 15.0. The highest BCUT2D eigenvalue weighted by Gasteiger charge is 2.35. The second-order valence-electron chi connectivity index (χ2n) is 7.78. The predicted molar refractivity (Wildman–Crippen MR) is 127 cm³/mol. The molecule has 0 fully saturated rings. The van der Waals surface area contributed by atoms with Crippen molar-refractivity contribution in [3.63, 3.8) is 0 Å². The van der Waals surface area contributed by atoms with Crippen molar-refractivity contribution in [2.75, 3.05) is 48.1 Å². The van der Waals surface area contributed by atoms with Gasteiger partial charge in [-0.05, 0) is 29.8 Å². The molecule has 34 heavy (non-hydrogen) atoms. The van der Waals surface area contributed by atoms with Gasteiger partial charge in [0.15, 0.2) is 0 Å². The molecule has 0 saturated heterocycles. The van der Waals surface area contributed by atoms with Gasteiger partial charge in [0, 0.05) is 38.6 Å². The van der Waals surface area contributed by atoms with Crippen LogP contribution < -0.4 is 14.2 Å². The van der Waals surface area contributed by atoms with Crippen molar-refractivity contribution in [3.8, 4) is 17.2 Å². The summed E-state index contributed by atoms with van der Waals surface area (Å²) in [7, 11) is 6.33. The average Bonchev–Trinajstić information content (AvgIpc) is 3.31. The van der Waals surface area contributed by atoms with Crippen molar-refractivity contribution in [1.82, 2.24) is 9.91 Å². The first-order chi connectivity index (χ1) is 16.4. The number of carbonyl (C=O) groups excluding carboxylic acids is 2. The Bertz CT molecular complexity index is 1040. The Morgan fingerprint density at radius 1 is 1.00 bits per heavy atom. The first-order valence-corrected chi connectivity index (χ1v) is 10.9. The lowest BCUT2D eigenvalue weighted by Crippen LogP contribution is -2.41. The molecule has 0 saturated carbocycles. The van der Waals surface area contributed by atoms with Gasteiger partial charge in [-0.25, -0.2) is 5.01 Å². The average molecular weight is 470 g/mol. The summed E-state index contributed by atoms with van der Waals surface area (Å²) in [6.07, 6.45) is 0.485. The smallest absolute Gasteiger partial charge is 0.262 e. The van der Waals surface area contributed by atoms with Gasteiger partial charge in [0.1, 0.15) is 23.8 Å². The van der Waals surface area contributed by atoms with Crippen LogP contribution in [0.1, 0.15) is 30.5 Å². The van der Waals surface area contributed by atoms with Gasteiger partial charge in [-0.1, -0.05) is 12.1 Å². The second kappa shape index (κ2) is 11.5. The van der Waals surface area contributed by atoms with E-state index >= 15 is 0 Å². The summed E-state index contributed by atoms with van der Waals surface area (Å²) in [5, 5.41) is 6.16. The SMILES string of the molecule is COCCN(CC(=O)N1N=C(c2ccc(OC)cc2OC)C[C@H]1c1ccc(OC)cc1)C(C)=O. The third-order valence-electron chi connectivity index (χ3n) is 5.72. The largest absolute Gasteiger partial charge is 0.497 e. The third-order valence-corrected chi connectivity index (χ3v) is 5.72. The van der Waals surface area contributed by atoms with Crippen molar-refractivity contribution in [2.24, 2.45) is 5.10 Å². The molecule has 9 nitrogen and oxygen atoms in total. The van der Waals surface area contributed by atoms with E-state index in [0.717, 1.165) is 16.9 Å². The maximum Gasteiger partial charge on any atom is 0.262 e. The lowest BCUT2D eigenvalue weighted by molar-refractivity contribution is -0.141. The van der Waals surface area contributed by atoms with Crippen LogP contribution in [0.15, 0.2) is 47.6 Å². The minimum Gasteiger partial charge on any atom is -0.497 e. The van der Waals surface area contributed by atoms with Gasteiger partial charge >= 0.3 is 0 Å². The van der Waals surface area contributed by atoms with Crippen molar-refractivity contribution in [2.45, 2.75) is 19.4 Å². The number of hydrogen-bond acceptors (Lipinski definition) is 7. The van der Waals surface area contributed by atoms with E-state index < -0.39 is 0 Å². The minimum absolute atomic E-state index is 0.0954. The molecule has 1 aliphatic rings. The van der Waals surface area contributed by atoms with Gasteiger partial charge in [-0.15, -0.1) is 0 Å². The quantitative estimate of drug-likeness (QED) is 0.532. The first-order valence-electron chi connectivity index (χ1n) is 10.9. The van der Waals surface area contributed by atoms with Crippen LogP contribution in [-0.2, 0) is 14.3 Å². The summed E-state index contributed by atoms with van der Waals surface area (Å²) in [4.78, 5) is 26.9. The van der Waals surface area contributed by atoms with Crippen LogP contribution in [-0.4, -0.2) is 75.6 Å². The lowest BCUT2D eigenvalue weighted by Gasteiger charge is -2.26. The molecule has 0 N–H and O–H groups in total. The van der Waals surface area contributed by atoms with Crippen LogP contribution in [0.2, 0.25) is 0 Å². The van der Waals surface area contributed by atoms with Crippen LogP contribution in [0, 0.1) is 0 Å². The van der Waals surface area contributed by atoms with Gasteiger partial charge in [-0.2, -0.15) is 5.10 Å². The van der Waals surface area contributed by atoms with Gasteiger partial charge in [-0.3, -0.25) is 9.59 Å². The number of hydrazone groups is 1. The van der Waals surface area contributed by atoms with Crippen LogP contribution in [0.25, 0.3) is 0 Å². The van der Waals surface area contributed by atoms with Crippen LogP contribution in [0.5, 0.6) is 17.2 Å². The summed E-state index contributed by atoms with van der Waals surface area (Å²) in [6.45, 7) is 2.00. The van der Waals surface area contributed by atoms with E-state index in [9.17, 15) is 9.59 Å². The number of rotatable bonds is 10. The van der Waals surface area contributed by atoms with Gasteiger partial charge < -0.3 is 23.8 Å². The predicted octanol–water partition coefficient (Wildman–Crippen LogP) is 2.89. The number of nitrogens with zero attached hydrogens (tertiary/aromatic N) is 3. The van der Waals surface area contributed by atoms with Gasteiger partial charge in [0.05, 0.1) is 39.7 Å². The number of carbonyl (C=O) groups is 2. The molecule has 9 heteroatoms. The second-order valence-corrected chi connectivity index (χ2v) is 7.78. The summed E-state index contributed by atoms with van der Waals surface area (Å²) in [5.41, 5.74) is 2.39. The fourth-order valence-electron chi connectivity index (χ4n) is 3.81. The van der Waals surface area contributed by atoms with Gasteiger partial charge in [0.2, 0.25) is 5.91 Å². The molecular weight excluding hydrogens is 438 g/mol. The number of benzene rings is 2. The molecule has 0 bridgehead atoms. The molecule has 1 atom stereocenters. The molecule has 2 amide bonds. The van der Waals surface area contributed by atoms with E-state index in [2.05, 4.69) is 0 Å². The molecule has 1 aliphatic heterocycles. The van der Waals surface area contributed by atoms with Crippen molar-refractivity contribution in [1.29, 1.82) is 0 Å². The van der Waals surface area contributed by atoms with E-state index in [1.807, 2.05) is 36.4 Å². The van der Waals surface area contributed by atoms with Crippen molar-refractivity contribution < 1.29 is 28.5 Å². The van der Waals surface area contributed by atoms with Crippen LogP contribution >= 0.6 is 0 Å². The zero-order valence-corrected chi connectivity index (χ0v) is 20.2. The van der Waals surface area contributed by atoms with Crippen molar-refractivity contribution >= 4 is 17.5 Å². The Morgan fingerprint density at radius 2 is 1.68 bits per heavy atom. The zero-order chi connectivity index (χ0) is 24.7. The summed E-state index contributed by atoms with van der Waals surface area (Å²) in [5.74, 6) is 1.50. The number of ether oxygens (including phenoxy) is 4. The summed E-state index contributed by atoms with van der Waals surface area (Å²) >= 11 is 0. The van der Waals surface area contributed by atoms with Crippen LogP contribution in [0.3, 0.4) is 0 Å². The van der Waals surface area contributed by atoms with E-state index in [4.69, 9.17) is 24.0 Å². The Balaban J connectivity index is 1.95. The Kier molecular flexibility index (Phi) is 8.48. The summed E-state index contributed by atoms with van der Waals surface area (Å²) in [6, 6.07) is 12.7. The number of methoxy groups -OCH3 is 4. The zero-order valence-electron chi connectivity index (χ0n) is 20.2. The Labute approximate surface area is 199 Å². The molecule has 0 radical (unpaired) electrons. The Hall–Kier alpha value is -3.59. The molecule has 0 unspecified atom stereocenters. The van der Waals surface area contributed by atoms with E-state index in [1.54, 1.807) is 34.5 Å². The standard InChI is InChI=1S/C25H31N3O6/c1-17(29)27(12-13-31-2)16-25(30)28-23(18-6-8-19(32-3)9-7-18)15-22(26-28)21-11-10-20(33-4)14-24(21)34-5/h6-11,14,23H,12-13,15-16H2,1-5H3/t23-/m0/s1. The third kappa shape index (κ3) is 5.66. The topological polar surface area (TPSA) is 89.9 Å². The molecule has 3 rings (SSSR count). The van der Waals surface area contributed by atoms with E-state index in [0.29, 0.717) is 36.8 Å². The van der Waals surface area contributed by atoms with E-state index in [1.165, 1.54) is 16.8 Å². The first kappa shape index (κ1) is 25.0. The molecule has 1 heterocycles. The fourth-order valence-corrected chi connectivity index (χ4v) is 3.81. The highest BCUT2D eigenvalue weighted by atomic mass is 16.5. The highest BCUT2D eigenvalue weighted by molar-refractivity contribution is 6.05. The van der Waals surface area contributed by atoms with Crippen molar-refractivity contribution in [3.05, 3.63) is 53.6 Å². The maximum atomic E-state index is 13.4. The molecule has 182 valence electrons. The Morgan fingerprint density at radius 3 is 2.26 bits per heavy atom.